The van der Waals surface area contributed by atoms with Crippen LogP contribution in [0.3, 0.4) is 0 Å². The lowest BCUT2D eigenvalue weighted by molar-refractivity contribution is -0.137. The number of carbonyl (C=O) groups excluding carboxylic acids is 1. The van der Waals surface area contributed by atoms with Crippen LogP contribution < -0.4 is 5.32 Å². The molecule has 1 rings (SSSR count). The first kappa shape index (κ1) is 17.0. The van der Waals surface area contributed by atoms with Crippen LogP contribution in [0.5, 0.6) is 0 Å². The second-order valence-electron chi connectivity index (χ2n) is 4.33. The predicted molar refractivity (Wildman–Crippen MR) is 84.9 cm³/mol. The normalized spacial score (nSPS) is 11.9. The Kier molecular flexibility index (Phi) is 7.69. The number of rotatable bonds is 8. The van der Waals surface area contributed by atoms with Gasteiger partial charge < -0.3 is 10.4 Å². The van der Waals surface area contributed by atoms with Crippen LogP contribution in [0, 0.1) is 0 Å². The van der Waals surface area contributed by atoms with Crippen LogP contribution in [-0.4, -0.2) is 28.5 Å². The van der Waals surface area contributed by atoms with Crippen molar-refractivity contribution in [1.29, 1.82) is 0 Å². The lowest BCUT2D eigenvalue weighted by Gasteiger charge is -2.17. The summed E-state index contributed by atoms with van der Waals surface area (Å²) in [6, 6.07) is 6.83. The minimum absolute atomic E-state index is 0.124. The molecule has 0 aromatic heterocycles. The number of carbonyl (C=O) groups is 2. The summed E-state index contributed by atoms with van der Waals surface area (Å²) in [4.78, 5) is 22.8. The van der Waals surface area contributed by atoms with Gasteiger partial charge >= 0.3 is 5.97 Å². The summed E-state index contributed by atoms with van der Waals surface area (Å²) in [6.07, 6.45) is 0.892. The topological polar surface area (TPSA) is 66.4 Å². The van der Waals surface area contributed by atoms with Crippen molar-refractivity contribution in [2.24, 2.45) is 0 Å². The largest absolute Gasteiger partial charge is 0.481 e. The fourth-order valence-electron chi connectivity index (χ4n) is 1.70. The van der Waals surface area contributed by atoms with Crippen LogP contribution in [0.15, 0.2) is 28.7 Å². The fourth-order valence-corrected chi connectivity index (χ4v) is 2.81. The highest BCUT2D eigenvalue weighted by molar-refractivity contribution is 9.10. The number of amides is 1. The summed E-state index contributed by atoms with van der Waals surface area (Å²) >= 11 is 4.90. The summed E-state index contributed by atoms with van der Waals surface area (Å²) in [5.74, 6) is 0.220. The van der Waals surface area contributed by atoms with Crippen molar-refractivity contribution in [2.75, 3.05) is 11.5 Å². The third-order valence-corrected chi connectivity index (χ3v) is 4.20. The molecular weight excluding hydrogens is 342 g/mol. The van der Waals surface area contributed by atoms with Crippen molar-refractivity contribution in [2.45, 2.75) is 25.8 Å². The van der Waals surface area contributed by atoms with Crippen LogP contribution in [0.1, 0.15) is 31.4 Å². The van der Waals surface area contributed by atoms with Gasteiger partial charge in [-0.3, -0.25) is 9.59 Å². The quantitative estimate of drug-likeness (QED) is 0.699. The SMILES string of the molecule is CCCSCC(=O)NC(CC(=O)O)c1cccc(Br)c1. The molecule has 1 amide bonds. The second kappa shape index (κ2) is 9.02. The van der Waals surface area contributed by atoms with E-state index >= 15 is 0 Å². The number of hydrogen-bond donors (Lipinski definition) is 2. The Morgan fingerprint density at radius 2 is 2.20 bits per heavy atom. The first-order valence-electron chi connectivity index (χ1n) is 6.37. The van der Waals surface area contributed by atoms with Gasteiger partial charge in [0, 0.05) is 4.47 Å². The first-order chi connectivity index (χ1) is 9.52. The molecule has 1 unspecified atom stereocenters. The Morgan fingerprint density at radius 1 is 1.45 bits per heavy atom. The van der Waals surface area contributed by atoms with Gasteiger partial charge in [0.1, 0.15) is 0 Å². The Bertz CT molecular complexity index is 467. The third kappa shape index (κ3) is 6.43. The fraction of sp³-hybridized carbons (Fsp3) is 0.429. The Morgan fingerprint density at radius 3 is 2.80 bits per heavy atom. The second-order valence-corrected chi connectivity index (χ2v) is 6.35. The molecule has 20 heavy (non-hydrogen) atoms. The maximum atomic E-state index is 11.8. The molecule has 1 aromatic carbocycles. The molecule has 0 aliphatic heterocycles. The van der Waals surface area contributed by atoms with Crippen LogP contribution >= 0.6 is 27.7 Å². The Hall–Kier alpha value is -1.01. The van der Waals surface area contributed by atoms with E-state index in [1.165, 1.54) is 0 Å². The first-order valence-corrected chi connectivity index (χ1v) is 8.32. The third-order valence-electron chi connectivity index (χ3n) is 2.55. The van der Waals surface area contributed by atoms with Gasteiger partial charge in [0.2, 0.25) is 5.91 Å². The Labute approximate surface area is 131 Å². The van der Waals surface area contributed by atoms with Crippen LogP contribution in [-0.2, 0) is 9.59 Å². The van der Waals surface area contributed by atoms with Gasteiger partial charge in [-0.1, -0.05) is 35.0 Å². The molecule has 0 radical (unpaired) electrons. The van der Waals surface area contributed by atoms with Crippen LogP contribution in [0.25, 0.3) is 0 Å². The number of aliphatic carboxylic acids is 1. The molecule has 0 aliphatic carbocycles. The highest BCUT2D eigenvalue weighted by Gasteiger charge is 2.18. The van der Waals surface area contributed by atoms with E-state index in [1.54, 1.807) is 11.8 Å². The predicted octanol–water partition coefficient (Wildman–Crippen LogP) is 3.22. The standard InChI is InChI=1S/C14H18BrNO3S/c1-2-6-20-9-13(17)16-12(8-14(18)19)10-4-3-5-11(15)7-10/h3-5,7,12H,2,6,8-9H2,1H3,(H,16,17)(H,18,19). The van der Waals surface area contributed by atoms with Gasteiger partial charge in [-0.15, -0.1) is 0 Å². The van der Waals surface area contributed by atoms with E-state index in [0.717, 1.165) is 22.2 Å². The minimum atomic E-state index is -0.934. The van der Waals surface area contributed by atoms with E-state index in [9.17, 15) is 9.59 Å². The van der Waals surface area contributed by atoms with Gasteiger partial charge in [0.05, 0.1) is 18.2 Å². The molecule has 0 heterocycles. The van der Waals surface area contributed by atoms with E-state index < -0.39 is 12.0 Å². The van der Waals surface area contributed by atoms with Gasteiger partial charge in [0.25, 0.3) is 0 Å². The average molecular weight is 360 g/mol. The summed E-state index contributed by atoms with van der Waals surface area (Å²) in [5.41, 5.74) is 0.788. The number of carboxylic acids is 1. The molecule has 0 saturated heterocycles. The minimum Gasteiger partial charge on any atom is -0.481 e. The summed E-state index contributed by atoms with van der Waals surface area (Å²) in [6.45, 7) is 2.06. The molecule has 0 saturated carbocycles. The zero-order valence-electron chi connectivity index (χ0n) is 11.3. The van der Waals surface area contributed by atoms with Crippen molar-refractivity contribution < 1.29 is 14.7 Å². The van der Waals surface area contributed by atoms with Gasteiger partial charge in [0.15, 0.2) is 0 Å². The molecular formula is C14H18BrNO3S. The average Bonchev–Trinajstić information content (AvgIpc) is 2.38. The van der Waals surface area contributed by atoms with E-state index in [4.69, 9.17) is 5.11 Å². The zero-order valence-corrected chi connectivity index (χ0v) is 13.7. The van der Waals surface area contributed by atoms with Crippen molar-refractivity contribution >= 4 is 39.6 Å². The Balaban J connectivity index is 2.69. The molecule has 0 fully saturated rings. The van der Waals surface area contributed by atoms with Gasteiger partial charge in [-0.05, 0) is 29.9 Å². The van der Waals surface area contributed by atoms with Gasteiger partial charge in [-0.2, -0.15) is 11.8 Å². The number of halogens is 1. The maximum absolute atomic E-state index is 11.8. The molecule has 6 heteroatoms. The highest BCUT2D eigenvalue weighted by Crippen LogP contribution is 2.21. The summed E-state index contributed by atoms with van der Waals surface area (Å²) in [5, 5.41) is 11.8. The van der Waals surface area contributed by atoms with E-state index in [-0.39, 0.29) is 12.3 Å². The number of benzene rings is 1. The van der Waals surface area contributed by atoms with E-state index in [1.807, 2.05) is 24.3 Å². The van der Waals surface area contributed by atoms with Crippen molar-refractivity contribution in [1.82, 2.24) is 5.32 Å². The zero-order chi connectivity index (χ0) is 15.0. The molecule has 1 aromatic rings. The smallest absolute Gasteiger partial charge is 0.305 e. The lowest BCUT2D eigenvalue weighted by Crippen LogP contribution is -2.31. The number of thioether (sulfide) groups is 1. The van der Waals surface area contributed by atoms with Crippen molar-refractivity contribution in [3.63, 3.8) is 0 Å². The molecule has 0 spiro atoms. The van der Waals surface area contributed by atoms with Gasteiger partial charge in [-0.25, -0.2) is 0 Å². The summed E-state index contributed by atoms with van der Waals surface area (Å²) < 4.78 is 0.861. The lowest BCUT2D eigenvalue weighted by atomic mass is 10.0. The molecule has 4 nitrogen and oxygen atoms in total. The maximum Gasteiger partial charge on any atom is 0.305 e. The van der Waals surface area contributed by atoms with E-state index in [0.29, 0.717) is 5.75 Å². The number of nitrogens with one attached hydrogen (secondary N) is 1. The van der Waals surface area contributed by atoms with Crippen molar-refractivity contribution in [3.05, 3.63) is 34.3 Å². The molecule has 0 aliphatic rings. The summed E-state index contributed by atoms with van der Waals surface area (Å²) in [7, 11) is 0. The van der Waals surface area contributed by atoms with Crippen molar-refractivity contribution in [3.8, 4) is 0 Å². The monoisotopic (exact) mass is 359 g/mol. The molecule has 0 bridgehead atoms. The molecule has 110 valence electrons. The van der Waals surface area contributed by atoms with Crippen LogP contribution in [0.2, 0.25) is 0 Å². The molecule has 1 atom stereocenters. The highest BCUT2D eigenvalue weighted by atomic mass is 79.9. The van der Waals surface area contributed by atoms with Crippen LogP contribution in [0.4, 0.5) is 0 Å². The number of hydrogen-bond acceptors (Lipinski definition) is 3. The number of carboxylic acid groups (broad SMARTS) is 1. The molecule has 2 N–H and O–H groups in total. The van der Waals surface area contributed by atoms with E-state index in [2.05, 4.69) is 28.2 Å².